The monoisotopic (exact) mass is 415 g/mol. The molecule has 0 saturated carbocycles. The summed E-state index contributed by atoms with van der Waals surface area (Å²) in [5.74, 6) is -2.98. The number of carbonyl (C=O) groups excluding carboxylic acids is 2. The van der Waals surface area contributed by atoms with Gasteiger partial charge in [0.2, 0.25) is 0 Å². The maximum Gasteiger partial charge on any atom is 0.327 e. The van der Waals surface area contributed by atoms with Crippen molar-refractivity contribution in [1.82, 2.24) is 0 Å². The van der Waals surface area contributed by atoms with Crippen LogP contribution in [-0.4, -0.2) is 27.9 Å². The number of benzene rings is 2. The van der Waals surface area contributed by atoms with Crippen LogP contribution in [0.15, 0.2) is 48.5 Å². The van der Waals surface area contributed by atoms with Crippen molar-refractivity contribution in [3.63, 3.8) is 0 Å². The van der Waals surface area contributed by atoms with E-state index < -0.39 is 28.1 Å². The zero-order valence-electron chi connectivity index (χ0n) is 16.2. The Balaban J connectivity index is 1.97. The molecule has 1 saturated heterocycles. The Kier molecular flexibility index (Phi) is 5.47. The highest BCUT2D eigenvalue weighted by Gasteiger charge is 2.56. The number of rotatable bonds is 6. The lowest BCUT2D eigenvalue weighted by atomic mass is 9.75. The number of cyclic esters (lactones) is 2. The van der Waals surface area contributed by atoms with Crippen LogP contribution in [0.25, 0.3) is 0 Å². The summed E-state index contributed by atoms with van der Waals surface area (Å²) in [6, 6.07) is 11.2. The normalized spacial score (nSPS) is 17.1. The minimum atomic E-state index is -1.72. The predicted molar refractivity (Wildman–Crippen MR) is 103 cm³/mol. The molecule has 0 radical (unpaired) electrons. The standard InChI is InChI=1S/C20H19N2O8/c1-19(2)29-17(23)20(18(24)30-19,11-13-3-7-15(8-4-13)21(25)26)12-14-5-9-16(10-6-14)22(27)28/h3-10,25H,11-12H2,1-2H3/q-1. The number of non-ortho nitro benzene ring substituents is 1. The third-order valence-corrected chi connectivity index (χ3v) is 4.77. The molecule has 0 atom stereocenters. The molecule has 1 aliphatic rings. The van der Waals surface area contributed by atoms with Crippen LogP contribution < -0.4 is 5.23 Å². The Morgan fingerprint density at radius 1 is 0.933 bits per heavy atom. The molecule has 1 N–H and O–H groups in total. The molecule has 0 unspecified atom stereocenters. The number of anilines is 1. The molecule has 30 heavy (non-hydrogen) atoms. The summed E-state index contributed by atoms with van der Waals surface area (Å²) in [6.45, 7) is 2.88. The van der Waals surface area contributed by atoms with Gasteiger partial charge in [-0.1, -0.05) is 24.3 Å². The number of ether oxygens (including phenoxy) is 2. The smallest absolute Gasteiger partial charge is 0.327 e. The van der Waals surface area contributed by atoms with Gasteiger partial charge in [-0.25, -0.2) is 0 Å². The highest BCUT2D eigenvalue weighted by atomic mass is 16.8. The molecule has 1 heterocycles. The first-order valence-electron chi connectivity index (χ1n) is 8.98. The lowest BCUT2D eigenvalue weighted by molar-refractivity contribution is -0.384. The van der Waals surface area contributed by atoms with Crippen molar-refractivity contribution >= 4 is 23.3 Å². The maximum atomic E-state index is 13.0. The van der Waals surface area contributed by atoms with Crippen LogP contribution in [0.5, 0.6) is 0 Å². The Hall–Kier alpha value is -3.50. The first kappa shape index (κ1) is 21.2. The Labute approximate surface area is 171 Å². The van der Waals surface area contributed by atoms with Crippen molar-refractivity contribution < 1.29 is 29.2 Å². The second-order valence-corrected chi connectivity index (χ2v) is 7.48. The molecule has 0 aliphatic carbocycles. The van der Waals surface area contributed by atoms with E-state index in [0.29, 0.717) is 11.1 Å². The number of nitro groups is 1. The van der Waals surface area contributed by atoms with E-state index in [9.17, 15) is 24.9 Å². The van der Waals surface area contributed by atoms with Gasteiger partial charge >= 0.3 is 11.9 Å². The SMILES string of the molecule is CC1(C)OC(=O)C(Cc2ccc(N([O-])O)cc2)(Cc2ccc([N+](=O)[O-])cc2)C(=O)O1. The van der Waals surface area contributed by atoms with E-state index in [0.717, 1.165) is 0 Å². The van der Waals surface area contributed by atoms with Crippen LogP contribution in [0.1, 0.15) is 25.0 Å². The van der Waals surface area contributed by atoms with Gasteiger partial charge in [-0.3, -0.25) is 24.9 Å². The van der Waals surface area contributed by atoms with Crippen molar-refractivity contribution in [2.45, 2.75) is 32.5 Å². The average molecular weight is 415 g/mol. The average Bonchev–Trinajstić information content (AvgIpc) is 2.66. The summed E-state index contributed by atoms with van der Waals surface area (Å²) in [5.41, 5.74) is -0.825. The zero-order valence-corrected chi connectivity index (χ0v) is 16.2. The molecule has 2 aromatic carbocycles. The van der Waals surface area contributed by atoms with Gasteiger partial charge in [-0.2, -0.15) is 0 Å². The van der Waals surface area contributed by atoms with Crippen molar-refractivity contribution in [3.8, 4) is 0 Å². The van der Waals surface area contributed by atoms with Crippen LogP contribution in [-0.2, 0) is 31.9 Å². The van der Waals surface area contributed by atoms with Gasteiger partial charge in [0.15, 0.2) is 5.41 Å². The predicted octanol–water partition coefficient (Wildman–Crippen LogP) is 2.90. The number of carbonyl (C=O) groups is 2. The molecule has 3 rings (SSSR count). The number of hydrogen-bond donors (Lipinski definition) is 1. The molecule has 158 valence electrons. The third kappa shape index (κ3) is 4.24. The third-order valence-electron chi connectivity index (χ3n) is 4.77. The number of nitrogens with zero attached hydrogens (tertiary/aromatic N) is 2. The Bertz CT molecular complexity index is 947. The van der Waals surface area contributed by atoms with Gasteiger partial charge in [0, 0.05) is 26.0 Å². The molecular formula is C20H19N2O8-. The minimum absolute atomic E-state index is 0.0156. The molecule has 0 spiro atoms. The fourth-order valence-electron chi connectivity index (χ4n) is 3.27. The van der Waals surface area contributed by atoms with Gasteiger partial charge < -0.3 is 19.9 Å². The molecule has 1 aliphatic heterocycles. The molecule has 1 fully saturated rings. The molecule has 10 nitrogen and oxygen atoms in total. The lowest BCUT2D eigenvalue weighted by Gasteiger charge is -2.40. The van der Waals surface area contributed by atoms with Crippen molar-refractivity contribution in [1.29, 1.82) is 0 Å². The summed E-state index contributed by atoms with van der Waals surface area (Å²) >= 11 is 0. The lowest BCUT2D eigenvalue weighted by Crippen LogP contribution is -2.56. The summed E-state index contributed by atoms with van der Waals surface area (Å²) in [7, 11) is 0. The van der Waals surface area contributed by atoms with Crippen LogP contribution in [0.2, 0.25) is 0 Å². The highest BCUT2D eigenvalue weighted by molar-refractivity contribution is 6.02. The number of hydrogen-bond acceptors (Lipinski definition) is 9. The first-order valence-corrected chi connectivity index (χ1v) is 8.98. The van der Waals surface area contributed by atoms with Gasteiger partial charge in [-0.15, -0.1) is 0 Å². The van der Waals surface area contributed by atoms with Gasteiger partial charge in [0.1, 0.15) is 0 Å². The molecule has 0 amide bonds. The number of nitro benzene ring substituents is 1. The van der Waals surface area contributed by atoms with Gasteiger partial charge in [-0.05, 0) is 36.1 Å². The second kappa shape index (κ2) is 7.73. The second-order valence-electron chi connectivity index (χ2n) is 7.48. The van der Waals surface area contributed by atoms with Crippen LogP contribution in [0, 0.1) is 20.7 Å². The van der Waals surface area contributed by atoms with Crippen LogP contribution in [0.3, 0.4) is 0 Å². The number of esters is 2. The first-order chi connectivity index (χ1) is 14.0. The van der Waals surface area contributed by atoms with Crippen LogP contribution >= 0.6 is 0 Å². The maximum absolute atomic E-state index is 13.0. The van der Waals surface area contributed by atoms with Crippen molar-refractivity contribution in [2.75, 3.05) is 5.23 Å². The molecule has 2 aromatic rings. The highest BCUT2D eigenvalue weighted by Crippen LogP contribution is 2.38. The Morgan fingerprint density at radius 2 is 1.37 bits per heavy atom. The topological polar surface area (TPSA) is 142 Å². The fraction of sp³-hybridized carbons (Fsp3) is 0.300. The molecule has 0 aromatic heterocycles. The van der Waals surface area contributed by atoms with Crippen molar-refractivity contribution in [3.05, 3.63) is 75.0 Å². The Morgan fingerprint density at radius 3 is 1.77 bits per heavy atom. The van der Waals surface area contributed by atoms with E-state index in [4.69, 9.17) is 14.7 Å². The van der Waals surface area contributed by atoms with E-state index in [2.05, 4.69) is 0 Å². The quantitative estimate of drug-likeness (QED) is 0.326. The van der Waals surface area contributed by atoms with Crippen molar-refractivity contribution in [2.24, 2.45) is 5.41 Å². The van der Waals surface area contributed by atoms with E-state index in [1.807, 2.05) is 0 Å². The van der Waals surface area contributed by atoms with E-state index in [1.54, 1.807) is 0 Å². The fourth-order valence-corrected chi connectivity index (χ4v) is 3.27. The zero-order chi connectivity index (χ0) is 22.1. The van der Waals surface area contributed by atoms with E-state index >= 15 is 0 Å². The van der Waals surface area contributed by atoms with E-state index in [1.165, 1.54) is 62.4 Å². The summed E-state index contributed by atoms with van der Waals surface area (Å²) < 4.78 is 10.7. The molecule has 10 heteroatoms. The van der Waals surface area contributed by atoms with Crippen LogP contribution in [0.4, 0.5) is 11.4 Å². The summed E-state index contributed by atoms with van der Waals surface area (Å²) in [4.78, 5) is 36.3. The summed E-state index contributed by atoms with van der Waals surface area (Å²) in [6.07, 6.45) is -0.198. The van der Waals surface area contributed by atoms with Gasteiger partial charge in [0.05, 0.1) is 10.6 Å². The summed E-state index contributed by atoms with van der Waals surface area (Å²) in [5, 5.41) is 30.5. The van der Waals surface area contributed by atoms with Gasteiger partial charge in [0.25, 0.3) is 11.5 Å². The largest absolute Gasteiger partial charge is 0.733 e. The molecule has 0 bridgehead atoms. The van der Waals surface area contributed by atoms with E-state index in [-0.39, 0.29) is 29.4 Å². The molecular weight excluding hydrogens is 396 g/mol. The minimum Gasteiger partial charge on any atom is -0.733 e.